The summed E-state index contributed by atoms with van der Waals surface area (Å²) in [5, 5.41) is 13.5. The largest absolute Gasteiger partial charge is 0.504 e. The Morgan fingerprint density at radius 1 is 1.12 bits per heavy atom. The molecule has 24 heavy (non-hydrogen) atoms. The van der Waals surface area contributed by atoms with Crippen LogP contribution in [0, 0.1) is 0 Å². The molecule has 1 aliphatic rings. The number of allylic oxidation sites excluding steroid dienone is 1. The summed E-state index contributed by atoms with van der Waals surface area (Å²) in [6.45, 7) is 3.80. The standard InChI is InChI=1S/C21H25NO2/c1-2-3-10-17-18-11-7-12-19(23)21(18)24-20(17)15-22-14-13-16-8-5-4-6-9-16/h3-12,17,20,22-23H,2,13-15H2,1H3/b10-3+/t17?,20-/m0/s1. The number of benzene rings is 2. The summed E-state index contributed by atoms with van der Waals surface area (Å²) in [5.74, 6) is 1.06. The summed E-state index contributed by atoms with van der Waals surface area (Å²) >= 11 is 0. The lowest BCUT2D eigenvalue weighted by molar-refractivity contribution is 0.209. The van der Waals surface area contributed by atoms with Crippen LogP contribution in [0.3, 0.4) is 0 Å². The number of aromatic hydroxyl groups is 1. The van der Waals surface area contributed by atoms with Crippen molar-refractivity contribution in [1.82, 2.24) is 5.32 Å². The zero-order valence-electron chi connectivity index (χ0n) is 14.1. The van der Waals surface area contributed by atoms with Crippen LogP contribution < -0.4 is 10.1 Å². The van der Waals surface area contributed by atoms with E-state index in [1.54, 1.807) is 6.07 Å². The first-order valence-electron chi connectivity index (χ1n) is 8.69. The number of fused-ring (bicyclic) bond motifs is 1. The minimum atomic E-state index is 0.0203. The van der Waals surface area contributed by atoms with E-state index < -0.39 is 0 Å². The van der Waals surface area contributed by atoms with Gasteiger partial charge in [0.1, 0.15) is 6.10 Å². The first-order valence-corrected chi connectivity index (χ1v) is 8.69. The number of hydrogen-bond donors (Lipinski definition) is 2. The lowest BCUT2D eigenvalue weighted by Gasteiger charge is -2.17. The molecule has 0 radical (unpaired) electrons. The Bertz CT molecular complexity index is 681. The maximum absolute atomic E-state index is 10.0. The molecule has 3 nitrogen and oxygen atoms in total. The molecule has 1 aliphatic heterocycles. The fraction of sp³-hybridized carbons (Fsp3) is 0.333. The van der Waals surface area contributed by atoms with E-state index in [2.05, 4.69) is 48.7 Å². The molecule has 0 aromatic heterocycles. The predicted molar refractivity (Wildman–Crippen MR) is 97.7 cm³/mol. The van der Waals surface area contributed by atoms with Gasteiger partial charge in [0.25, 0.3) is 0 Å². The summed E-state index contributed by atoms with van der Waals surface area (Å²) in [5.41, 5.74) is 2.41. The van der Waals surface area contributed by atoms with Crippen LogP contribution in [-0.4, -0.2) is 24.3 Å². The van der Waals surface area contributed by atoms with Crippen LogP contribution in [0.25, 0.3) is 0 Å². The van der Waals surface area contributed by atoms with Gasteiger partial charge in [-0.05, 0) is 31.0 Å². The van der Waals surface area contributed by atoms with Gasteiger partial charge in [-0.2, -0.15) is 0 Å². The van der Waals surface area contributed by atoms with Crippen molar-refractivity contribution in [2.24, 2.45) is 0 Å². The van der Waals surface area contributed by atoms with E-state index in [9.17, 15) is 5.11 Å². The maximum Gasteiger partial charge on any atom is 0.165 e. The molecule has 1 unspecified atom stereocenters. The van der Waals surface area contributed by atoms with Gasteiger partial charge in [-0.1, -0.05) is 61.5 Å². The number of ether oxygens (including phenoxy) is 1. The van der Waals surface area contributed by atoms with E-state index in [0.717, 1.165) is 31.5 Å². The minimum Gasteiger partial charge on any atom is -0.504 e. The fourth-order valence-electron chi connectivity index (χ4n) is 3.16. The molecule has 1 heterocycles. The lowest BCUT2D eigenvalue weighted by Crippen LogP contribution is -2.33. The average Bonchev–Trinajstić information content (AvgIpc) is 2.97. The van der Waals surface area contributed by atoms with E-state index in [1.807, 2.05) is 18.2 Å². The summed E-state index contributed by atoms with van der Waals surface area (Å²) in [4.78, 5) is 0. The molecule has 2 N–H and O–H groups in total. The molecule has 2 atom stereocenters. The number of hydrogen-bond acceptors (Lipinski definition) is 3. The first-order chi connectivity index (χ1) is 11.8. The Kier molecular flexibility index (Phi) is 5.55. The molecule has 0 amide bonds. The highest BCUT2D eigenvalue weighted by molar-refractivity contribution is 5.52. The van der Waals surface area contributed by atoms with Gasteiger partial charge < -0.3 is 15.2 Å². The molecule has 2 aromatic carbocycles. The Morgan fingerprint density at radius 3 is 2.75 bits per heavy atom. The first kappa shape index (κ1) is 16.6. The molecule has 3 rings (SSSR count). The molecule has 126 valence electrons. The summed E-state index contributed by atoms with van der Waals surface area (Å²) < 4.78 is 6.04. The van der Waals surface area contributed by atoms with E-state index in [4.69, 9.17) is 4.74 Å². The topological polar surface area (TPSA) is 41.5 Å². The molecule has 3 heteroatoms. The summed E-state index contributed by atoms with van der Waals surface area (Å²) in [6, 6.07) is 16.1. The van der Waals surface area contributed by atoms with Crippen molar-refractivity contribution in [1.29, 1.82) is 0 Å². The van der Waals surface area contributed by atoms with Crippen LogP contribution in [-0.2, 0) is 6.42 Å². The van der Waals surface area contributed by atoms with E-state index >= 15 is 0 Å². The molecule has 0 saturated heterocycles. The number of phenols is 1. The molecule has 0 fully saturated rings. The van der Waals surface area contributed by atoms with Crippen LogP contribution in [0.15, 0.2) is 60.7 Å². The zero-order valence-corrected chi connectivity index (χ0v) is 14.1. The average molecular weight is 323 g/mol. The van der Waals surface area contributed by atoms with Crippen LogP contribution in [0.4, 0.5) is 0 Å². The quantitative estimate of drug-likeness (QED) is 0.597. The minimum absolute atomic E-state index is 0.0203. The van der Waals surface area contributed by atoms with Gasteiger partial charge in [0.05, 0.1) is 0 Å². The van der Waals surface area contributed by atoms with Crippen molar-refractivity contribution in [2.75, 3.05) is 13.1 Å². The van der Waals surface area contributed by atoms with Gasteiger partial charge in [-0.15, -0.1) is 0 Å². The Morgan fingerprint density at radius 2 is 1.96 bits per heavy atom. The van der Waals surface area contributed by atoms with Gasteiger partial charge >= 0.3 is 0 Å². The molecule has 0 saturated carbocycles. The van der Waals surface area contributed by atoms with E-state index in [-0.39, 0.29) is 17.8 Å². The van der Waals surface area contributed by atoms with Gasteiger partial charge in [0.2, 0.25) is 0 Å². The highest BCUT2D eigenvalue weighted by Crippen LogP contribution is 2.44. The van der Waals surface area contributed by atoms with Gasteiger partial charge in [-0.25, -0.2) is 0 Å². The maximum atomic E-state index is 10.0. The highest BCUT2D eigenvalue weighted by atomic mass is 16.5. The van der Waals surface area contributed by atoms with Crippen LogP contribution in [0.2, 0.25) is 0 Å². The molecule has 2 aromatic rings. The molecule has 0 aliphatic carbocycles. The van der Waals surface area contributed by atoms with Crippen molar-refractivity contribution in [2.45, 2.75) is 31.8 Å². The van der Waals surface area contributed by atoms with Gasteiger partial charge in [0, 0.05) is 18.0 Å². The highest BCUT2D eigenvalue weighted by Gasteiger charge is 2.33. The van der Waals surface area contributed by atoms with E-state index in [1.165, 1.54) is 5.56 Å². The number of phenolic OH excluding ortho intramolecular Hbond substituents is 1. The van der Waals surface area contributed by atoms with Crippen molar-refractivity contribution in [3.05, 3.63) is 71.8 Å². The van der Waals surface area contributed by atoms with Crippen molar-refractivity contribution in [3.63, 3.8) is 0 Å². The van der Waals surface area contributed by atoms with E-state index in [0.29, 0.717) is 5.75 Å². The van der Waals surface area contributed by atoms with Crippen LogP contribution in [0.5, 0.6) is 11.5 Å². The third-order valence-corrected chi connectivity index (χ3v) is 4.41. The van der Waals surface area contributed by atoms with Gasteiger partial charge in [0.15, 0.2) is 11.5 Å². The zero-order chi connectivity index (χ0) is 16.8. The van der Waals surface area contributed by atoms with Crippen LogP contribution in [0.1, 0.15) is 30.4 Å². The van der Waals surface area contributed by atoms with Crippen molar-refractivity contribution in [3.8, 4) is 11.5 Å². The monoisotopic (exact) mass is 323 g/mol. The summed E-state index contributed by atoms with van der Waals surface area (Å²) in [6.07, 6.45) is 6.39. The van der Waals surface area contributed by atoms with Crippen LogP contribution >= 0.6 is 0 Å². The SMILES string of the molecule is CC/C=C/C1c2cccc(O)c2O[C@H]1CNCCc1ccccc1. The summed E-state index contributed by atoms with van der Waals surface area (Å²) in [7, 11) is 0. The molecular weight excluding hydrogens is 298 g/mol. The van der Waals surface area contributed by atoms with Crippen molar-refractivity contribution < 1.29 is 9.84 Å². The second-order valence-corrected chi connectivity index (χ2v) is 6.15. The normalized spacial score (nSPS) is 19.4. The third-order valence-electron chi connectivity index (χ3n) is 4.41. The second-order valence-electron chi connectivity index (χ2n) is 6.15. The third kappa shape index (κ3) is 3.80. The number of nitrogens with one attached hydrogen (secondary N) is 1. The Labute approximate surface area is 144 Å². The second kappa shape index (κ2) is 8.02. The van der Waals surface area contributed by atoms with Gasteiger partial charge in [-0.3, -0.25) is 0 Å². The smallest absolute Gasteiger partial charge is 0.165 e. The predicted octanol–water partition coefficient (Wildman–Crippen LogP) is 4.04. The Hall–Kier alpha value is -2.26. The molecule has 0 spiro atoms. The number of para-hydroxylation sites is 1. The fourth-order valence-corrected chi connectivity index (χ4v) is 3.16. The number of rotatable bonds is 7. The molecular formula is C21H25NO2. The molecule has 0 bridgehead atoms. The van der Waals surface area contributed by atoms with Crippen molar-refractivity contribution >= 4 is 0 Å². The Balaban J connectivity index is 1.60. The lowest BCUT2D eigenvalue weighted by atomic mass is 9.94.